The summed E-state index contributed by atoms with van der Waals surface area (Å²) < 4.78 is 6.47. The number of aromatic nitrogens is 2. The molecule has 8 heteroatoms. The molecule has 1 aromatic rings. The quantitative estimate of drug-likeness (QED) is 0.345. The third-order valence-corrected chi connectivity index (χ3v) is 2.40. The summed E-state index contributed by atoms with van der Waals surface area (Å²) in [7, 11) is 0. The van der Waals surface area contributed by atoms with E-state index in [2.05, 4.69) is 4.98 Å². The van der Waals surface area contributed by atoms with Gasteiger partial charge in [0.1, 0.15) is 12.3 Å². The molecule has 0 N–H and O–H groups in total. The second kappa shape index (κ2) is 5.62. The largest absolute Gasteiger partial charge is 0.459 e. The van der Waals surface area contributed by atoms with E-state index in [1.165, 1.54) is 17.7 Å². The average molecular weight is 262 g/mol. The standard InChI is InChI=1S/C9H12ClN3O4/c1-6-11-9(13(15)16)5-12(6)4-8(3-10)17-7(2)14/h5,8H,3-4H2,1-2H3. The van der Waals surface area contributed by atoms with E-state index in [-0.39, 0.29) is 18.2 Å². The highest BCUT2D eigenvalue weighted by atomic mass is 35.5. The first-order chi connectivity index (χ1) is 7.93. The normalized spacial score (nSPS) is 12.2. The minimum atomic E-state index is -0.578. The Morgan fingerprint density at radius 3 is 2.82 bits per heavy atom. The summed E-state index contributed by atoms with van der Waals surface area (Å²) in [6, 6.07) is 0. The van der Waals surface area contributed by atoms with Crippen LogP contribution in [0.1, 0.15) is 12.7 Å². The van der Waals surface area contributed by atoms with E-state index in [9.17, 15) is 14.9 Å². The van der Waals surface area contributed by atoms with Gasteiger partial charge in [0.2, 0.25) is 5.82 Å². The molecule has 0 fully saturated rings. The molecule has 0 radical (unpaired) electrons. The SMILES string of the molecule is CC(=O)OC(CCl)Cn1cc([N+](=O)[O-])nc1C. The Morgan fingerprint density at radius 1 is 1.76 bits per heavy atom. The molecule has 0 amide bonds. The van der Waals surface area contributed by atoms with Crippen LogP contribution in [-0.4, -0.2) is 32.4 Å². The van der Waals surface area contributed by atoms with E-state index in [1.807, 2.05) is 0 Å². The maximum atomic E-state index is 10.8. The van der Waals surface area contributed by atoms with Crippen LogP contribution in [-0.2, 0) is 16.1 Å². The van der Waals surface area contributed by atoms with Crippen molar-refractivity contribution in [1.29, 1.82) is 0 Å². The van der Waals surface area contributed by atoms with Gasteiger partial charge in [-0.2, -0.15) is 0 Å². The number of halogens is 1. The predicted molar refractivity (Wildman–Crippen MR) is 59.9 cm³/mol. The monoisotopic (exact) mass is 261 g/mol. The highest BCUT2D eigenvalue weighted by molar-refractivity contribution is 6.18. The van der Waals surface area contributed by atoms with Crippen molar-refractivity contribution in [1.82, 2.24) is 9.55 Å². The highest BCUT2D eigenvalue weighted by Gasteiger charge is 2.19. The second-order valence-corrected chi connectivity index (χ2v) is 3.75. The summed E-state index contributed by atoms with van der Waals surface area (Å²) in [4.78, 5) is 24.5. The number of hydrogen-bond donors (Lipinski definition) is 0. The van der Waals surface area contributed by atoms with Crippen molar-refractivity contribution in [2.45, 2.75) is 26.5 Å². The number of carbonyl (C=O) groups is 1. The molecule has 1 unspecified atom stereocenters. The Hall–Kier alpha value is -1.63. The van der Waals surface area contributed by atoms with Gasteiger partial charge in [-0.1, -0.05) is 0 Å². The molecule has 0 aliphatic carbocycles. The summed E-state index contributed by atoms with van der Waals surface area (Å²) in [5.41, 5.74) is 0. The van der Waals surface area contributed by atoms with Crippen molar-refractivity contribution in [3.63, 3.8) is 0 Å². The fourth-order valence-electron chi connectivity index (χ4n) is 1.34. The Bertz CT molecular complexity index is 432. The summed E-state index contributed by atoms with van der Waals surface area (Å²) in [5, 5.41) is 10.5. The van der Waals surface area contributed by atoms with Crippen LogP contribution in [0.25, 0.3) is 0 Å². The van der Waals surface area contributed by atoms with Gasteiger partial charge in [-0.25, -0.2) is 0 Å². The van der Waals surface area contributed by atoms with E-state index in [0.29, 0.717) is 5.82 Å². The van der Waals surface area contributed by atoms with Crippen molar-refractivity contribution in [2.24, 2.45) is 0 Å². The lowest BCUT2D eigenvalue weighted by atomic mass is 10.4. The van der Waals surface area contributed by atoms with Crippen LogP contribution in [0.2, 0.25) is 0 Å². The van der Waals surface area contributed by atoms with Crippen molar-refractivity contribution < 1.29 is 14.5 Å². The molecule has 0 bridgehead atoms. The van der Waals surface area contributed by atoms with Crippen molar-refractivity contribution >= 4 is 23.4 Å². The molecule has 94 valence electrons. The maximum absolute atomic E-state index is 10.8. The zero-order valence-electron chi connectivity index (χ0n) is 9.42. The van der Waals surface area contributed by atoms with Crippen LogP contribution in [0.5, 0.6) is 0 Å². The van der Waals surface area contributed by atoms with E-state index in [4.69, 9.17) is 16.3 Å². The molecule has 1 heterocycles. The van der Waals surface area contributed by atoms with Gasteiger partial charge in [-0.15, -0.1) is 11.6 Å². The van der Waals surface area contributed by atoms with Gasteiger partial charge in [0, 0.05) is 13.8 Å². The highest BCUT2D eigenvalue weighted by Crippen LogP contribution is 2.12. The second-order valence-electron chi connectivity index (χ2n) is 3.44. The third kappa shape index (κ3) is 3.70. The summed E-state index contributed by atoms with van der Waals surface area (Å²) in [6.07, 6.45) is 0.764. The predicted octanol–water partition coefficient (Wildman–Crippen LogP) is 1.27. The Balaban J connectivity index is 2.79. The first kappa shape index (κ1) is 13.4. The summed E-state index contributed by atoms with van der Waals surface area (Å²) in [6.45, 7) is 3.16. The molecule has 17 heavy (non-hydrogen) atoms. The van der Waals surface area contributed by atoms with Gasteiger partial charge in [-0.05, 0) is 9.91 Å². The van der Waals surface area contributed by atoms with Crippen molar-refractivity contribution in [2.75, 3.05) is 5.88 Å². The maximum Gasteiger partial charge on any atom is 0.381 e. The van der Waals surface area contributed by atoms with Crippen LogP contribution < -0.4 is 0 Å². The van der Waals surface area contributed by atoms with Gasteiger partial charge >= 0.3 is 11.8 Å². The van der Waals surface area contributed by atoms with E-state index < -0.39 is 17.0 Å². The molecule has 0 aromatic carbocycles. The Kier molecular flexibility index (Phi) is 4.45. The van der Waals surface area contributed by atoms with Crippen molar-refractivity contribution in [3.05, 3.63) is 22.1 Å². The molecule has 0 spiro atoms. The number of esters is 1. The average Bonchev–Trinajstić information content (AvgIpc) is 2.59. The van der Waals surface area contributed by atoms with Crippen LogP contribution in [0.15, 0.2) is 6.20 Å². The summed E-state index contributed by atoms with van der Waals surface area (Å²) >= 11 is 5.64. The van der Waals surface area contributed by atoms with Crippen LogP contribution in [0.4, 0.5) is 5.82 Å². The van der Waals surface area contributed by atoms with Crippen LogP contribution >= 0.6 is 11.6 Å². The molecular weight excluding hydrogens is 250 g/mol. The Labute approximate surface area is 102 Å². The number of rotatable bonds is 5. The van der Waals surface area contributed by atoms with Crippen LogP contribution in [0.3, 0.4) is 0 Å². The number of ether oxygens (including phenoxy) is 1. The number of aryl methyl sites for hydroxylation is 1. The van der Waals surface area contributed by atoms with E-state index in [0.717, 1.165) is 0 Å². The van der Waals surface area contributed by atoms with Gasteiger partial charge in [0.05, 0.1) is 12.4 Å². The first-order valence-electron chi connectivity index (χ1n) is 4.85. The summed E-state index contributed by atoms with van der Waals surface area (Å²) in [5.74, 6) is -0.0918. The van der Waals surface area contributed by atoms with E-state index in [1.54, 1.807) is 6.92 Å². The molecule has 7 nitrogen and oxygen atoms in total. The number of carbonyl (C=O) groups excluding carboxylic acids is 1. The zero-order chi connectivity index (χ0) is 13.0. The number of alkyl halides is 1. The lowest BCUT2D eigenvalue weighted by molar-refractivity contribution is -0.389. The minimum Gasteiger partial charge on any atom is -0.459 e. The van der Waals surface area contributed by atoms with Gasteiger partial charge < -0.3 is 19.4 Å². The Morgan fingerprint density at radius 2 is 2.41 bits per heavy atom. The lowest BCUT2D eigenvalue weighted by Gasteiger charge is -2.14. The lowest BCUT2D eigenvalue weighted by Crippen LogP contribution is -2.24. The molecule has 1 atom stereocenters. The van der Waals surface area contributed by atoms with Gasteiger partial charge in [0.15, 0.2) is 0 Å². The number of imidazole rings is 1. The first-order valence-corrected chi connectivity index (χ1v) is 5.38. The van der Waals surface area contributed by atoms with E-state index >= 15 is 0 Å². The number of nitrogens with zero attached hydrogens (tertiary/aromatic N) is 3. The molecule has 0 saturated heterocycles. The molecule has 1 rings (SSSR count). The van der Waals surface area contributed by atoms with Crippen molar-refractivity contribution in [3.8, 4) is 0 Å². The van der Waals surface area contributed by atoms with Gasteiger partial charge in [-0.3, -0.25) is 4.79 Å². The number of nitro groups is 1. The smallest absolute Gasteiger partial charge is 0.381 e. The third-order valence-electron chi connectivity index (χ3n) is 2.06. The topological polar surface area (TPSA) is 87.3 Å². The molecule has 0 aliphatic heterocycles. The molecule has 0 aliphatic rings. The molecule has 1 aromatic heterocycles. The minimum absolute atomic E-state index is 0.116. The number of hydrogen-bond acceptors (Lipinski definition) is 5. The van der Waals surface area contributed by atoms with Gasteiger partial charge in [0.25, 0.3) is 0 Å². The fourth-order valence-corrected chi connectivity index (χ4v) is 1.50. The van der Waals surface area contributed by atoms with Crippen LogP contribution in [0, 0.1) is 17.0 Å². The zero-order valence-corrected chi connectivity index (χ0v) is 10.2. The molecule has 0 saturated carbocycles. The molecular formula is C9H12ClN3O4. The fraction of sp³-hybridized carbons (Fsp3) is 0.556.